The summed E-state index contributed by atoms with van der Waals surface area (Å²) < 4.78 is 6.53. The molecule has 0 fully saturated rings. The van der Waals surface area contributed by atoms with E-state index in [-0.39, 0.29) is 0 Å². The highest BCUT2D eigenvalue weighted by molar-refractivity contribution is 6.11. The molecule has 0 amide bonds. The topological polar surface area (TPSA) is 16.4 Å². The van der Waals surface area contributed by atoms with Gasteiger partial charge in [0.2, 0.25) is 0 Å². The average Bonchev–Trinajstić information content (AvgIpc) is 3.82. The number of furan rings is 1. The number of para-hydroxylation sites is 1. The van der Waals surface area contributed by atoms with Gasteiger partial charge in [0.1, 0.15) is 11.2 Å². The van der Waals surface area contributed by atoms with E-state index in [0.717, 1.165) is 66.8 Å². The Kier molecular flexibility index (Phi) is 10.2. The first-order chi connectivity index (χ1) is 34.7. The number of hydrogen-bond donors (Lipinski definition) is 0. The molecule has 0 aliphatic rings. The van der Waals surface area contributed by atoms with Crippen molar-refractivity contribution in [3.63, 3.8) is 0 Å². The van der Waals surface area contributed by atoms with Crippen LogP contribution in [-0.2, 0) is 0 Å². The molecule has 328 valence electrons. The van der Waals surface area contributed by atoms with Crippen molar-refractivity contribution in [1.29, 1.82) is 0 Å². The molecule has 0 unspecified atom stereocenters. The van der Waals surface area contributed by atoms with Crippen molar-refractivity contribution in [3.8, 4) is 66.8 Å². The number of rotatable bonds is 9. The normalized spacial score (nSPS) is 11.4. The second kappa shape index (κ2) is 17.4. The van der Waals surface area contributed by atoms with Gasteiger partial charge >= 0.3 is 0 Å². The lowest BCUT2D eigenvalue weighted by Gasteiger charge is -2.26. The van der Waals surface area contributed by atoms with Crippen molar-refractivity contribution >= 4 is 60.5 Å². The maximum absolute atomic E-state index is 6.53. The zero-order chi connectivity index (χ0) is 46.4. The number of fused-ring (bicyclic) bond motifs is 6. The fraction of sp³-hybridized carbons (Fsp3) is 0. The summed E-state index contributed by atoms with van der Waals surface area (Å²) in [6, 6.07) is 98.5. The molecule has 0 bridgehead atoms. The van der Waals surface area contributed by atoms with E-state index in [0.29, 0.717) is 0 Å². The standard InChI is InChI=1S/C68H45NO/c1-3-14-48(15-4-1)58-19-9-11-22-62(58)63-23-12-10-20-59(63)51-34-41-57(42-35-51)69(55-37-30-46(31-38-55)53-29-28-52-27-26-50-18-7-8-21-60(50)65(52)44-53)56-39-32-47(33-40-56)54-36-43-67-66(45-54)64-25-13-24-61(68(64)70-67)49-16-5-2-6-17-49/h1-45H. The molecule has 0 radical (unpaired) electrons. The minimum atomic E-state index is 0.886. The first-order valence-electron chi connectivity index (χ1n) is 24.0. The van der Waals surface area contributed by atoms with E-state index < -0.39 is 0 Å². The summed E-state index contributed by atoms with van der Waals surface area (Å²) in [6.45, 7) is 0. The predicted molar refractivity (Wildman–Crippen MR) is 296 cm³/mol. The Hall–Kier alpha value is -9.24. The molecular weight excluding hydrogens is 847 g/mol. The second-order valence-electron chi connectivity index (χ2n) is 18.0. The highest BCUT2D eigenvalue weighted by Crippen LogP contribution is 2.43. The Morgan fingerprint density at radius 1 is 0.229 bits per heavy atom. The van der Waals surface area contributed by atoms with Gasteiger partial charge in [0.05, 0.1) is 0 Å². The Labute approximate surface area is 407 Å². The van der Waals surface area contributed by atoms with Crippen molar-refractivity contribution in [3.05, 3.63) is 273 Å². The third-order valence-electron chi connectivity index (χ3n) is 13.9. The fourth-order valence-electron chi connectivity index (χ4n) is 10.4. The molecule has 70 heavy (non-hydrogen) atoms. The molecule has 12 aromatic carbocycles. The molecule has 0 atom stereocenters. The van der Waals surface area contributed by atoms with Crippen molar-refractivity contribution in [2.24, 2.45) is 0 Å². The maximum atomic E-state index is 6.53. The molecule has 0 saturated carbocycles. The lowest BCUT2D eigenvalue weighted by Crippen LogP contribution is -2.09. The first kappa shape index (κ1) is 41.0. The summed E-state index contributed by atoms with van der Waals surface area (Å²) in [7, 11) is 0. The molecule has 0 spiro atoms. The summed E-state index contributed by atoms with van der Waals surface area (Å²) in [5.41, 5.74) is 19.1. The van der Waals surface area contributed by atoms with Crippen LogP contribution in [0.15, 0.2) is 277 Å². The minimum absolute atomic E-state index is 0.886. The van der Waals surface area contributed by atoms with Gasteiger partial charge in [-0.25, -0.2) is 0 Å². The van der Waals surface area contributed by atoms with Gasteiger partial charge in [-0.1, -0.05) is 218 Å². The molecule has 0 aliphatic heterocycles. The Morgan fingerprint density at radius 3 is 1.23 bits per heavy atom. The Bertz CT molecular complexity index is 4020. The Balaban J connectivity index is 0.878. The molecule has 2 nitrogen and oxygen atoms in total. The molecule has 13 aromatic rings. The summed E-state index contributed by atoms with van der Waals surface area (Å²) in [5, 5.41) is 7.27. The molecule has 1 heterocycles. The first-order valence-corrected chi connectivity index (χ1v) is 24.0. The van der Waals surface area contributed by atoms with Crippen LogP contribution in [0, 0.1) is 0 Å². The van der Waals surface area contributed by atoms with Gasteiger partial charge in [0.25, 0.3) is 0 Å². The number of benzene rings is 12. The zero-order valence-corrected chi connectivity index (χ0v) is 38.3. The smallest absolute Gasteiger partial charge is 0.143 e. The Morgan fingerprint density at radius 2 is 0.629 bits per heavy atom. The van der Waals surface area contributed by atoms with E-state index in [1.165, 1.54) is 60.5 Å². The highest BCUT2D eigenvalue weighted by atomic mass is 16.3. The van der Waals surface area contributed by atoms with Gasteiger partial charge in [-0.3, -0.25) is 0 Å². The lowest BCUT2D eigenvalue weighted by atomic mass is 9.89. The third-order valence-corrected chi connectivity index (χ3v) is 13.9. The van der Waals surface area contributed by atoms with E-state index in [4.69, 9.17) is 4.42 Å². The molecule has 2 heteroatoms. The van der Waals surface area contributed by atoms with Crippen molar-refractivity contribution in [2.75, 3.05) is 4.90 Å². The largest absolute Gasteiger partial charge is 0.455 e. The van der Waals surface area contributed by atoms with Crippen molar-refractivity contribution < 1.29 is 4.42 Å². The minimum Gasteiger partial charge on any atom is -0.455 e. The van der Waals surface area contributed by atoms with Gasteiger partial charge in [-0.15, -0.1) is 0 Å². The van der Waals surface area contributed by atoms with Gasteiger partial charge in [0.15, 0.2) is 0 Å². The van der Waals surface area contributed by atoms with Crippen LogP contribution in [0.3, 0.4) is 0 Å². The molecule has 13 rings (SSSR count). The fourth-order valence-corrected chi connectivity index (χ4v) is 10.4. The number of anilines is 3. The number of hydrogen-bond acceptors (Lipinski definition) is 2. The summed E-state index contributed by atoms with van der Waals surface area (Å²) in [4.78, 5) is 2.36. The highest BCUT2D eigenvalue weighted by Gasteiger charge is 2.18. The van der Waals surface area contributed by atoms with Crippen LogP contribution in [-0.4, -0.2) is 0 Å². The van der Waals surface area contributed by atoms with Gasteiger partial charge in [0, 0.05) is 33.4 Å². The third kappa shape index (κ3) is 7.40. The van der Waals surface area contributed by atoms with Crippen molar-refractivity contribution in [1.82, 2.24) is 0 Å². The molecule has 0 saturated heterocycles. The summed E-state index contributed by atoms with van der Waals surface area (Å²) >= 11 is 0. The van der Waals surface area contributed by atoms with Crippen molar-refractivity contribution in [2.45, 2.75) is 0 Å². The van der Waals surface area contributed by atoms with Crippen LogP contribution < -0.4 is 4.90 Å². The monoisotopic (exact) mass is 891 g/mol. The summed E-state index contributed by atoms with van der Waals surface area (Å²) in [5.74, 6) is 0. The molecular formula is C68H45NO. The quantitative estimate of drug-likeness (QED) is 0.134. The molecule has 0 N–H and O–H groups in total. The van der Waals surface area contributed by atoms with E-state index in [9.17, 15) is 0 Å². The van der Waals surface area contributed by atoms with Crippen LogP contribution in [0.25, 0.3) is 110 Å². The molecule has 0 aliphatic carbocycles. The van der Waals surface area contributed by atoms with Crippen LogP contribution >= 0.6 is 0 Å². The van der Waals surface area contributed by atoms with Crippen LogP contribution in [0.1, 0.15) is 0 Å². The lowest BCUT2D eigenvalue weighted by molar-refractivity contribution is 0.670. The van der Waals surface area contributed by atoms with Gasteiger partial charge in [-0.2, -0.15) is 0 Å². The number of nitrogens with zero attached hydrogens (tertiary/aromatic N) is 1. The van der Waals surface area contributed by atoms with Crippen LogP contribution in [0.2, 0.25) is 0 Å². The molecule has 1 aromatic heterocycles. The average molecular weight is 892 g/mol. The van der Waals surface area contributed by atoms with E-state index in [2.05, 4.69) is 272 Å². The van der Waals surface area contributed by atoms with E-state index >= 15 is 0 Å². The van der Waals surface area contributed by atoms with E-state index in [1.807, 2.05) is 6.07 Å². The zero-order valence-electron chi connectivity index (χ0n) is 38.3. The second-order valence-corrected chi connectivity index (χ2v) is 18.0. The van der Waals surface area contributed by atoms with Gasteiger partial charge < -0.3 is 9.32 Å². The van der Waals surface area contributed by atoms with Gasteiger partial charge in [-0.05, 0) is 137 Å². The van der Waals surface area contributed by atoms with Crippen LogP contribution in [0.4, 0.5) is 17.1 Å². The van der Waals surface area contributed by atoms with Crippen LogP contribution in [0.5, 0.6) is 0 Å². The predicted octanol–water partition coefficient (Wildman–Crippen LogP) is 19.4. The van der Waals surface area contributed by atoms with E-state index in [1.54, 1.807) is 0 Å². The summed E-state index contributed by atoms with van der Waals surface area (Å²) in [6.07, 6.45) is 0. The SMILES string of the molecule is c1ccc(-c2ccccc2-c2ccccc2-c2ccc(N(c3ccc(-c4ccc5ccc6ccccc6c5c4)cc3)c3ccc(-c4ccc5oc6c(-c7ccccc7)cccc6c5c4)cc3)cc2)cc1. The maximum Gasteiger partial charge on any atom is 0.143 e.